The molecule has 0 bridgehead atoms. The van der Waals surface area contributed by atoms with Crippen molar-refractivity contribution in [3.63, 3.8) is 0 Å². The lowest BCUT2D eigenvalue weighted by atomic mass is 9.96. The van der Waals surface area contributed by atoms with Gasteiger partial charge in [-0.3, -0.25) is 9.59 Å². The molecule has 6 nitrogen and oxygen atoms in total. The second kappa shape index (κ2) is 10.3. The fourth-order valence-corrected chi connectivity index (χ4v) is 4.20. The third-order valence-electron chi connectivity index (χ3n) is 5.02. The maximum Gasteiger partial charge on any atom is 0.224 e. The molecule has 1 aliphatic rings. The van der Waals surface area contributed by atoms with Gasteiger partial charge in [-0.15, -0.1) is 0 Å². The first-order chi connectivity index (χ1) is 13.6. The van der Waals surface area contributed by atoms with Crippen LogP contribution in [0, 0.1) is 5.92 Å². The van der Waals surface area contributed by atoms with Gasteiger partial charge in [-0.2, -0.15) is 0 Å². The van der Waals surface area contributed by atoms with E-state index >= 15 is 0 Å². The number of likely N-dealkylation sites (tertiary alicyclic amines) is 1. The van der Waals surface area contributed by atoms with Crippen molar-refractivity contribution in [3.8, 4) is 0 Å². The van der Waals surface area contributed by atoms with Crippen LogP contribution in [-0.4, -0.2) is 51.7 Å². The quantitative estimate of drug-likeness (QED) is 0.519. The molecule has 1 saturated heterocycles. The van der Waals surface area contributed by atoms with E-state index < -0.39 is 0 Å². The van der Waals surface area contributed by atoms with Gasteiger partial charge in [0.1, 0.15) is 0 Å². The smallest absolute Gasteiger partial charge is 0.224 e. The van der Waals surface area contributed by atoms with Crippen LogP contribution >= 0.6 is 11.8 Å². The molecule has 2 amide bonds. The summed E-state index contributed by atoms with van der Waals surface area (Å²) in [6.07, 6.45) is 6.66. The molecule has 0 spiro atoms. The lowest BCUT2D eigenvalue weighted by Gasteiger charge is -2.32. The summed E-state index contributed by atoms with van der Waals surface area (Å²) >= 11 is 1.62. The fourth-order valence-electron chi connectivity index (χ4n) is 3.42. The van der Waals surface area contributed by atoms with Gasteiger partial charge in [0, 0.05) is 51.2 Å². The molecule has 1 N–H and O–H groups in total. The van der Waals surface area contributed by atoms with E-state index in [-0.39, 0.29) is 17.7 Å². The van der Waals surface area contributed by atoms with Gasteiger partial charge >= 0.3 is 0 Å². The van der Waals surface area contributed by atoms with Crippen LogP contribution in [0.4, 0.5) is 0 Å². The number of hydrogen-bond donors (Lipinski definition) is 1. The largest absolute Gasteiger partial charge is 0.355 e. The van der Waals surface area contributed by atoms with Crippen molar-refractivity contribution in [3.05, 3.63) is 48.3 Å². The molecule has 1 aromatic carbocycles. The molecule has 1 aromatic heterocycles. The zero-order valence-electron chi connectivity index (χ0n) is 16.3. The Bertz CT molecular complexity index is 778. The summed E-state index contributed by atoms with van der Waals surface area (Å²) in [6, 6.07) is 10.3. The van der Waals surface area contributed by atoms with Crippen molar-refractivity contribution >= 4 is 23.6 Å². The molecular formula is C21H28N4O2S. The maximum absolute atomic E-state index is 12.5. The van der Waals surface area contributed by atoms with E-state index in [2.05, 4.69) is 22.4 Å². The van der Waals surface area contributed by atoms with Crippen LogP contribution in [0.25, 0.3) is 0 Å². The second-order valence-corrected chi connectivity index (χ2v) is 8.19. The number of carbonyl (C=O) groups is 2. The average molecular weight is 401 g/mol. The third kappa shape index (κ3) is 5.86. The highest BCUT2D eigenvalue weighted by atomic mass is 32.2. The van der Waals surface area contributed by atoms with Gasteiger partial charge in [0.05, 0.1) is 5.92 Å². The molecule has 3 rings (SSSR count). The van der Waals surface area contributed by atoms with Gasteiger partial charge in [0.15, 0.2) is 5.16 Å². The number of rotatable bonds is 9. The molecule has 0 radical (unpaired) electrons. The Hall–Kier alpha value is -2.28. The molecule has 1 aliphatic heterocycles. The number of amides is 2. The first kappa shape index (κ1) is 20.5. The zero-order valence-corrected chi connectivity index (χ0v) is 17.2. The molecule has 1 atom stereocenters. The van der Waals surface area contributed by atoms with Crippen LogP contribution in [0.1, 0.15) is 24.8 Å². The Labute approximate surface area is 170 Å². The summed E-state index contributed by atoms with van der Waals surface area (Å²) < 4.78 is 1.96. The van der Waals surface area contributed by atoms with Gasteiger partial charge in [0.2, 0.25) is 11.8 Å². The van der Waals surface area contributed by atoms with Crippen molar-refractivity contribution < 1.29 is 9.59 Å². The highest BCUT2D eigenvalue weighted by molar-refractivity contribution is 7.99. The lowest BCUT2D eigenvalue weighted by Crippen LogP contribution is -2.46. The minimum atomic E-state index is -0.104. The molecule has 0 aliphatic carbocycles. The molecule has 0 saturated carbocycles. The summed E-state index contributed by atoms with van der Waals surface area (Å²) in [6.45, 7) is 1.85. The van der Waals surface area contributed by atoms with E-state index in [1.807, 2.05) is 40.9 Å². The normalized spacial score (nSPS) is 17.0. The highest BCUT2D eigenvalue weighted by Crippen LogP contribution is 2.19. The Balaban J connectivity index is 1.38. The number of imidazole rings is 1. The number of nitrogens with zero attached hydrogens (tertiary/aromatic N) is 3. The summed E-state index contributed by atoms with van der Waals surface area (Å²) in [5.41, 5.74) is 1.28. The molecule has 7 heteroatoms. The van der Waals surface area contributed by atoms with Crippen LogP contribution in [-0.2, 0) is 23.1 Å². The van der Waals surface area contributed by atoms with Gasteiger partial charge in [-0.25, -0.2) is 4.98 Å². The molecular weight excluding hydrogens is 372 g/mol. The molecule has 28 heavy (non-hydrogen) atoms. The van der Waals surface area contributed by atoms with Gasteiger partial charge < -0.3 is 14.8 Å². The molecule has 150 valence electrons. The van der Waals surface area contributed by atoms with Crippen molar-refractivity contribution in [1.82, 2.24) is 19.8 Å². The number of aryl methyl sites for hydroxylation is 2. The zero-order chi connectivity index (χ0) is 19.8. The predicted octanol–water partition coefficient (Wildman–Crippen LogP) is 2.50. The molecule has 1 fully saturated rings. The van der Waals surface area contributed by atoms with Crippen molar-refractivity contribution in [2.24, 2.45) is 13.0 Å². The van der Waals surface area contributed by atoms with Crippen molar-refractivity contribution in [2.75, 3.05) is 25.4 Å². The summed E-state index contributed by atoms with van der Waals surface area (Å²) in [4.78, 5) is 30.8. The van der Waals surface area contributed by atoms with E-state index in [9.17, 15) is 9.59 Å². The fraction of sp³-hybridized carbons (Fsp3) is 0.476. The predicted molar refractivity (Wildman–Crippen MR) is 111 cm³/mol. The Morgan fingerprint density at radius 1 is 1.32 bits per heavy atom. The van der Waals surface area contributed by atoms with E-state index in [0.717, 1.165) is 23.8 Å². The van der Waals surface area contributed by atoms with E-state index in [4.69, 9.17) is 0 Å². The van der Waals surface area contributed by atoms with Crippen molar-refractivity contribution in [1.29, 1.82) is 0 Å². The Kier molecular flexibility index (Phi) is 7.54. The minimum absolute atomic E-state index is 0.0565. The Morgan fingerprint density at radius 3 is 2.89 bits per heavy atom. The number of piperidine rings is 1. The highest BCUT2D eigenvalue weighted by Gasteiger charge is 2.29. The number of benzene rings is 1. The van der Waals surface area contributed by atoms with Crippen molar-refractivity contribution in [2.45, 2.75) is 30.8 Å². The van der Waals surface area contributed by atoms with E-state index in [1.54, 1.807) is 18.0 Å². The first-order valence-electron chi connectivity index (χ1n) is 9.83. The van der Waals surface area contributed by atoms with Gasteiger partial charge in [-0.05, 0) is 24.8 Å². The Morgan fingerprint density at radius 2 is 2.14 bits per heavy atom. The van der Waals surface area contributed by atoms with Crippen LogP contribution < -0.4 is 5.32 Å². The number of thioether (sulfide) groups is 1. The molecule has 0 unspecified atom stereocenters. The molecule has 2 heterocycles. The topological polar surface area (TPSA) is 67.2 Å². The summed E-state index contributed by atoms with van der Waals surface area (Å²) in [5, 5.41) is 3.96. The number of nitrogens with one attached hydrogen (secondary N) is 1. The van der Waals surface area contributed by atoms with Crippen LogP contribution in [0.15, 0.2) is 47.9 Å². The number of hydrogen-bond acceptors (Lipinski definition) is 4. The number of aromatic nitrogens is 2. The first-order valence-corrected chi connectivity index (χ1v) is 10.8. The number of carbonyl (C=O) groups excluding carboxylic acids is 2. The third-order valence-corrected chi connectivity index (χ3v) is 6.08. The van der Waals surface area contributed by atoms with Crippen LogP contribution in [0.5, 0.6) is 0 Å². The SMILES string of the molecule is Cn1ccnc1SCCNC(=O)[C@@H]1CCC(=O)N(CCCc2ccccc2)C1. The average Bonchev–Trinajstić information content (AvgIpc) is 3.12. The second-order valence-electron chi connectivity index (χ2n) is 7.12. The molecule has 2 aromatic rings. The minimum Gasteiger partial charge on any atom is -0.355 e. The summed E-state index contributed by atoms with van der Waals surface area (Å²) in [5.74, 6) is 0.902. The lowest BCUT2D eigenvalue weighted by molar-refractivity contribution is -0.138. The van der Waals surface area contributed by atoms with Gasteiger partial charge in [-0.1, -0.05) is 42.1 Å². The maximum atomic E-state index is 12.5. The van der Waals surface area contributed by atoms with Crippen LogP contribution in [0.3, 0.4) is 0 Å². The monoisotopic (exact) mass is 400 g/mol. The van der Waals surface area contributed by atoms with E-state index in [1.165, 1.54) is 5.56 Å². The summed E-state index contributed by atoms with van der Waals surface area (Å²) in [7, 11) is 1.96. The standard InChI is InChI=1S/C21H28N4O2S/c1-24-14-11-23-21(24)28-15-12-22-20(27)18-9-10-19(26)25(16-18)13-5-8-17-6-3-2-4-7-17/h2-4,6-7,11,14,18H,5,8-10,12-13,15-16H2,1H3,(H,22,27)/t18-/m1/s1. The van der Waals surface area contributed by atoms with E-state index in [0.29, 0.717) is 32.5 Å². The van der Waals surface area contributed by atoms with Crippen LogP contribution in [0.2, 0.25) is 0 Å². The van der Waals surface area contributed by atoms with Gasteiger partial charge in [0.25, 0.3) is 0 Å².